The van der Waals surface area contributed by atoms with E-state index in [1.54, 1.807) is 83.7 Å². The summed E-state index contributed by atoms with van der Waals surface area (Å²) in [5.74, 6) is -1.47. The molecule has 692 valence electrons. The van der Waals surface area contributed by atoms with Gasteiger partial charge in [-0.3, -0.25) is 24.9 Å². The Morgan fingerprint density at radius 2 is 0.817 bits per heavy atom. The van der Waals surface area contributed by atoms with Gasteiger partial charge in [-0.25, -0.2) is 65.1 Å². The smallest absolute Gasteiger partial charge is 0.463 e. The number of fused-ring (bicyclic) bond motifs is 4. The molecule has 0 radical (unpaired) electrons. The number of thiazole rings is 4. The first kappa shape index (κ1) is 106. The summed E-state index contributed by atoms with van der Waals surface area (Å²) in [5, 5.41) is 14.2. The SMILES string of the molecule is C.C.C1CCOC1.CCOC(=O)C1=C2[C@@H](Br)CCN2C(c2nccs2)=N[C@H]1c1ccc(F)cc1Br.CCOC(=O)C1=C2[C@@H](CS(C)(=O)=O)CCN2C(c2nccs2)=N[C@H]1c1ccc(F)cc1Br.CCOC(=O)C1=C2[C@@H](N)CCN2C(c2nccs2)=N[C@H]1c1ccc(F)cc1Br.CCOC(=O)C1=C2[C@@H](N=[N+]=[N-])CCN2C(c2nccs2)=N[C@H]1c1ccc(F)cc1Br.[2H]CC.[N-]=[N+]=[N-].[Na+]. The number of carbonyl (C=O) groups is 4. The van der Waals surface area contributed by atoms with E-state index < -0.39 is 81.5 Å². The van der Waals surface area contributed by atoms with E-state index in [1.807, 2.05) is 41.1 Å². The maximum absolute atomic E-state index is 13.8. The van der Waals surface area contributed by atoms with Crippen molar-refractivity contribution in [3.05, 3.63) is 274 Å². The van der Waals surface area contributed by atoms with Gasteiger partial charge in [-0.2, -0.15) is 0 Å². The quantitative estimate of drug-likeness (QED) is 0.0115. The average Bonchev–Trinajstić information content (AvgIpc) is 1.55. The number of halogens is 9. The van der Waals surface area contributed by atoms with E-state index >= 15 is 0 Å². The fraction of sp³-hybridized carbons (Fsp3) is 0.395. The molecule has 2 N–H and O–H groups in total. The summed E-state index contributed by atoms with van der Waals surface area (Å²) in [6.45, 7) is 14.5. The Hall–Kier alpha value is -8.27. The number of hydrogen-bond acceptors (Lipinski definition) is 29. The zero-order valence-corrected chi connectivity index (χ0v) is 84.5. The van der Waals surface area contributed by atoms with Crippen LogP contribution in [-0.4, -0.2) is 190 Å². The molecular formula is C86H93Br5F4N19NaO11S5. The molecule has 0 amide bonds. The predicted molar refractivity (Wildman–Crippen MR) is 514 cm³/mol. The van der Waals surface area contributed by atoms with Crippen molar-refractivity contribution in [2.75, 3.05) is 77.8 Å². The molecule has 0 aliphatic carbocycles. The van der Waals surface area contributed by atoms with Crippen LogP contribution in [0.15, 0.2) is 207 Å². The molecule has 13 heterocycles. The molecule has 30 nitrogen and oxygen atoms in total. The van der Waals surface area contributed by atoms with E-state index in [-0.39, 0.29) is 105 Å². The Balaban J connectivity index is 0.000000207. The van der Waals surface area contributed by atoms with Crippen molar-refractivity contribution in [3.63, 3.8) is 0 Å². The Bertz CT molecular complexity index is 5710. The topological polar surface area (TPSA) is 396 Å². The molecule has 4 aromatic heterocycles. The molecular weight excluding hydrogens is 2130 g/mol. The number of hydrogen-bond donors (Lipinski definition) is 1. The first-order valence-corrected chi connectivity index (χ1v) is 49.7. The maximum Gasteiger partial charge on any atom is 1.00 e. The first-order valence-electron chi connectivity index (χ1n) is 40.7. The second-order valence-corrected chi connectivity index (χ2v) is 38.6. The number of allylic oxidation sites excluding steroid dienone is 2. The summed E-state index contributed by atoms with van der Waals surface area (Å²) in [7, 11) is -3.31. The van der Waals surface area contributed by atoms with Crippen LogP contribution in [-0.2, 0) is 52.7 Å². The van der Waals surface area contributed by atoms with Crippen molar-refractivity contribution in [1.82, 2.24) is 39.5 Å². The van der Waals surface area contributed by atoms with E-state index in [9.17, 15) is 45.2 Å². The molecule has 4 aromatic carbocycles. The van der Waals surface area contributed by atoms with Crippen molar-refractivity contribution in [3.8, 4) is 0 Å². The number of rotatable bonds is 19. The van der Waals surface area contributed by atoms with E-state index in [1.165, 1.54) is 118 Å². The summed E-state index contributed by atoms with van der Waals surface area (Å²) in [5.41, 5.74) is 35.7. The number of alkyl halides is 1. The minimum absolute atomic E-state index is 0. The summed E-state index contributed by atoms with van der Waals surface area (Å²) in [4.78, 5) is 101. The second-order valence-electron chi connectivity index (χ2n) is 28.3. The Kier molecular flexibility index (Phi) is 41.3. The van der Waals surface area contributed by atoms with Gasteiger partial charge in [-0.1, -0.05) is 138 Å². The average molecular weight is 2230 g/mol. The summed E-state index contributed by atoms with van der Waals surface area (Å²) in [6, 6.07) is 13.5. The van der Waals surface area contributed by atoms with Crippen LogP contribution in [0.25, 0.3) is 26.4 Å². The van der Waals surface area contributed by atoms with Crippen LogP contribution >= 0.6 is 125 Å². The van der Waals surface area contributed by atoms with Gasteiger partial charge in [0, 0.05) is 151 Å². The summed E-state index contributed by atoms with van der Waals surface area (Å²) in [6.07, 6.45) is 13.1. The van der Waals surface area contributed by atoms with Gasteiger partial charge in [0.15, 0.2) is 43.4 Å². The van der Waals surface area contributed by atoms with Gasteiger partial charge in [-0.15, -0.1) is 45.3 Å². The standard InChI is InChI=1S/C21H21BrFN3O4S2.C19H16Br2FN3O2S.C19H16BrFN6O2S.C19H18BrFN4O2S.C4H8O.C2H6.2CH4.N3.Na/c1-3-30-21(27)16-17(14-5-4-13(23)10-15(14)22)25-19(20-24-7-9-31-20)26-8-6-12(18(16)26)11-32(2,28)29;1-2-27-19(26)14-15(11-4-3-10(22)9-13(11)21)24-17(18-23-6-8-28-18)25-7-5-12(20)16(14)25;1-2-29-19(28)14-15(11-4-3-10(21)9-12(11)20)24-17(18-23-6-8-30-18)27-7-5-13(16(14)27)25-26-22;1-2-27-19(26)14-15(11-4-3-10(21)9-12(11)20)24-17(18-23-6-8-28-18)25-7-5-13(22)16(14)25;1-2-4-5-3-1;1-2;;;1-3-2;/h4-5,7,9-10,12,17H,3,6,8,11H2,1-2H3;3-4,6,8-9,12,15H,2,5,7H2,1H3;3-4,6,8-9,13,15H,2,5,7H2,1H3;3-4,6,8-9,13,15H,2,5,7,22H2,1H3;1-4H2;1-2H3;2*1H4;;/q;;;;;;;;-1;+1/t12-,17+;12-,15-;2*13-,15-;;;;;;/m1000....../s1/i;;;;;1D;;;;. The third-order valence-electron chi connectivity index (χ3n) is 20.4. The Morgan fingerprint density at radius 1 is 0.519 bits per heavy atom. The van der Waals surface area contributed by atoms with E-state index in [2.05, 4.69) is 110 Å². The molecule has 8 aromatic rings. The van der Waals surface area contributed by atoms with Crippen molar-refractivity contribution in [2.24, 2.45) is 36.7 Å². The predicted octanol–water partition coefficient (Wildman–Crippen LogP) is 17.7. The minimum atomic E-state index is -3.31. The number of benzene rings is 4. The maximum atomic E-state index is 13.8. The van der Waals surface area contributed by atoms with Gasteiger partial charge in [0.1, 0.15) is 57.3 Å². The van der Waals surface area contributed by atoms with Crippen LogP contribution in [0.4, 0.5) is 17.6 Å². The first-order chi connectivity index (χ1) is 62.1. The number of aromatic nitrogens is 4. The Morgan fingerprint density at radius 3 is 1.12 bits per heavy atom. The van der Waals surface area contributed by atoms with E-state index in [4.69, 9.17) is 67.4 Å². The molecule has 9 aliphatic heterocycles. The molecule has 5 saturated heterocycles. The molecule has 17 rings (SSSR count). The molecule has 131 heavy (non-hydrogen) atoms. The summed E-state index contributed by atoms with van der Waals surface area (Å²) >= 11 is 23.1. The number of nitrogens with two attached hydrogens (primary N) is 1. The van der Waals surface area contributed by atoms with Gasteiger partial charge in [0.2, 0.25) is 0 Å². The zero-order valence-electron chi connectivity index (χ0n) is 71.5. The number of esters is 4. The van der Waals surface area contributed by atoms with Crippen LogP contribution in [0.1, 0.15) is 163 Å². The van der Waals surface area contributed by atoms with Crippen LogP contribution in [0, 0.1) is 29.2 Å². The second kappa shape index (κ2) is 50.9. The van der Waals surface area contributed by atoms with Crippen molar-refractivity contribution >= 4 is 182 Å². The minimum Gasteiger partial charge on any atom is -0.463 e. The third kappa shape index (κ3) is 25.7. The van der Waals surface area contributed by atoms with Gasteiger partial charge >= 0.3 is 53.4 Å². The van der Waals surface area contributed by atoms with E-state index in [0.717, 1.165) is 47.7 Å². The van der Waals surface area contributed by atoms with Gasteiger partial charge in [-0.05, 0) is 143 Å². The number of nitrogens with zero attached hydrogens (tertiary/aromatic N) is 18. The van der Waals surface area contributed by atoms with Crippen molar-refractivity contribution in [1.29, 1.82) is 0 Å². The molecule has 0 unspecified atom stereocenters. The van der Waals surface area contributed by atoms with Crippen LogP contribution in [0.3, 0.4) is 0 Å². The largest absolute Gasteiger partial charge is 1.00 e. The number of azide groups is 1. The van der Waals surface area contributed by atoms with Gasteiger partial charge < -0.3 is 60.1 Å². The molecule has 0 spiro atoms. The molecule has 0 saturated carbocycles. The number of carbonyl (C=O) groups excluding carboxylic acids is 4. The molecule has 0 bridgehead atoms. The fourth-order valence-electron chi connectivity index (χ4n) is 15.4. The van der Waals surface area contributed by atoms with Gasteiger partial charge in [0.25, 0.3) is 0 Å². The molecule has 9 aliphatic rings. The number of amidine groups is 4. The van der Waals surface area contributed by atoms with Gasteiger partial charge in [0.05, 0.1) is 65.3 Å². The van der Waals surface area contributed by atoms with Crippen LogP contribution in [0.5, 0.6) is 0 Å². The fourth-order valence-corrected chi connectivity index (χ4v) is 22.0. The van der Waals surface area contributed by atoms with Crippen LogP contribution < -0.4 is 35.3 Å². The molecule has 8 atom stereocenters. The van der Waals surface area contributed by atoms with Crippen molar-refractivity contribution < 1.29 is 99.8 Å². The molecule has 5 fully saturated rings. The third-order valence-corrected chi connectivity index (χ3v) is 28.1. The van der Waals surface area contributed by atoms with Crippen LogP contribution in [0.2, 0.25) is 0 Å². The zero-order chi connectivity index (χ0) is 92.9. The normalized spacial score (nSPS) is 20.1. The number of aliphatic imine (C=N–C) groups is 4. The van der Waals surface area contributed by atoms with Crippen molar-refractivity contribution in [2.45, 2.75) is 136 Å². The Labute approximate surface area is 837 Å². The number of sulfone groups is 1. The summed E-state index contributed by atoms with van der Waals surface area (Å²) < 4.78 is 114. The number of ether oxygens (including phenoxy) is 5. The molecule has 45 heteroatoms. The van der Waals surface area contributed by atoms with E-state index in [0.29, 0.717) is 147 Å². The monoisotopic (exact) mass is 2220 g/mol.